The van der Waals surface area contributed by atoms with Gasteiger partial charge in [0.25, 0.3) is 0 Å². The van der Waals surface area contributed by atoms with Crippen LogP contribution in [0.2, 0.25) is 0 Å². The van der Waals surface area contributed by atoms with Crippen molar-refractivity contribution in [2.24, 2.45) is 17.8 Å². The molecule has 0 aliphatic heterocycles. The fourth-order valence-electron chi connectivity index (χ4n) is 4.22. The number of hydrogen-bond acceptors (Lipinski definition) is 1. The van der Waals surface area contributed by atoms with Gasteiger partial charge in [-0.05, 0) is 56.3 Å². The molecule has 0 aromatic carbocycles. The Balaban J connectivity index is 1.69. The van der Waals surface area contributed by atoms with Gasteiger partial charge in [0.1, 0.15) is 0 Å². The second-order valence-corrected chi connectivity index (χ2v) is 6.67. The molecule has 0 aromatic heterocycles. The fraction of sp³-hybridized carbons (Fsp3) is 1.00. The third-order valence-electron chi connectivity index (χ3n) is 5.27. The van der Waals surface area contributed by atoms with Gasteiger partial charge >= 0.3 is 6.36 Å². The molecule has 0 N–H and O–H groups in total. The molecule has 0 heterocycles. The predicted molar refractivity (Wildman–Crippen MR) is 73.2 cm³/mol. The Bertz CT molecular complexity index is 274. The highest BCUT2D eigenvalue weighted by Crippen LogP contribution is 2.42. The second-order valence-electron chi connectivity index (χ2n) is 6.67. The van der Waals surface area contributed by atoms with E-state index >= 15 is 0 Å². The lowest BCUT2D eigenvalue weighted by atomic mass is 9.70. The Hall–Kier alpha value is -0.250. The molecule has 1 nitrogen and oxygen atoms in total. The van der Waals surface area contributed by atoms with E-state index in [9.17, 15) is 13.2 Å². The van der Waals surface area contributed by atoms with Crippen LogP contribution in [0.3, 0.4) is 0 Å². The SMILES string of the molecule is CCCC1CCC(C2CCC(OC(F)(F)F)CC2)CC1. The van der Waals surface area contributed by atoms with Crippen LogP contribution >= 0.6 is 0 Å². The Kier molecular flexibility index (Phi) is 5.76. The van der Waals surface area contributed by atoms with Crippen molar-refractivity contribution in [1.29, 1.82) is 0 Å². The molecule has 0 radical (unpaired) electrons. The van der Waals surface area contributed by atoms with Crippen molar-refractivity contribution in [3.63, 3.8) is 0 Å². The van der Waals surface area contributed by atoms with Crippen molar-refractivity contribution in [2.45, 2.75) is 83.6 Å². The molecule has 0 bridgehead atoms. The number of rotatable bonds is 4. The lowest BCUT2D eigenvalue weighted by Crippen LogP contribution is -2.31. The van der Waals surface area contributed by atoms with Crippen LogP contribution < -0.4 is 0 Å². The summed E-state index contributed by atoms with van der Waals surface area (Å²) in [5.41, 5.74) is 0. The van der Waals surface area contributed by atoms with Crippen molar-refractivity contribution in [1.82, 2.24) is 0 Å². The molecule has 0 unspecified atom stereocenters. The first-order valence-corrected chi connectivity index (χ1v) is 8.22. The highest BCUT2D eigenvalue weighted by molar-refractivity contribution is 4.82. The van der Waals surface area contributed by atoms with Crippen LogP contribution in [-0.4, -0.2) is 12.5 Å². The molecular weight excluding hydrogens is 265 g/mol. The summed E-state index contributed by atoms with van der Waals surface area (Å²) in [7, 11) is 0. The van der Waals surface area contributed by atoms with Crippen molar-refractivity contribution in [3.05, 3.63) is 0 Å². The summed E-state index contributed by atoms with van der Waals surface area (Å²) in [5.74, 6) is 2.31. The molecule has 2 aliphatic rings. The molecule has 2 rings (SSSR count). The van der Waals surface area contributed by atoms with Gasteiger partial charge in [0.2, 0.25) is 0 Å². The summed E-state index contributed by atoms with van der Waals surface area (Å²) in [5, 5.41) is 0. The molecule has 118 valence electrons. The van der Waals surface area contributed by atoms with Crippen LogP contribution in [0.4, 0.5) is 13.2 Å². The molecule has 0 saturated heterocycles. The molecule has 0 atom stereocenters. The maximum Gasteiger partial charge on any atom is 0.522 e. The first-order valence-electron chi connectivity index (χ1n) is 8.22. The summed E-state index contributed by atoms with van der Waals surface area (Å²) in [6, 6.07) is 0. The quantitative estimate of drug-likeness (QED) is 0.647. The van der Waals surface area contributed by atoms with Gasteiger partial charge in [-0.2, -0.15) is 0 Å². The molecule has 2 fully saturated rings. The van der Waals surface area contributed by atoms with Gasteiger partial charge in [-0.15, -0.1) is 13.2 Å². The van der Waals surface area contributed by atoms with E-state index in [1.54, 1.807) is 0 Å². The summed E-state index contributed by atoms with van der Waals surface area (Å²) in [6.07, 6.45) is 5.81. The first-order chi connectivity index (χ1) is 9.48. The summed E-state index contributed by atoms with van der Waals surface area (Å²) >= 11 is 0. The smallest absolute Gasteiger partial charge is 0.289 e. The van der Waals surface area contributed by atoms with Gasteiger partial charge in [-0.1, -0.05) is 32.6 Å². The maximum absolute atomic E-state index is 12.2. The van der Waals surface area contributed by atoms with E-state index in [1.807, 2.05) is 0 Å². The Morgan fingerprint density at radius 1 is 0.850 bits per heavy atom. The largest absolute Gasteiger partial charge is 0.522 e. The van der Waals surface area contributed by atoms with E-state index in [-0.39, 0.29) is 0 Å². The topological polar surface area (TPSA) is 9.23 Å². The van der Waals surface area contributed by atoms with E-state index in [0.29, 0.717) is 18.8 Å². The van der Waals surface area contributed by atoms with Crippen molar-refractivity contribution in [2.75, 3.05) is 0 Å². The second kappa shape index (κ2) is 7.15. The average molecular weight is 292 g/mol. The first kappa shape index (κ1) is 16.1. The molecule has 20 heavy (non-hydrogen) atoms. The maximum atomic E-state index is 12.2. The number of alkyl halides is 3. The summed E-state index contributed by atoms with van der Waals surface area (Å²) in [6.45, 7) is 2.24. The Morgan fingerprint density at radius 2 is 1.35 bits per heavy atom. The van der Waals surface area contributed by atoms with Gasteiger partial charge in [-0.25, -0.2) is 0 Å². The van der Waals surface area contributed by atoms with Crippen molar-refractivity contribution in [3.8, 4) is 0 Å². The van der Waals surface area contributed by atoms with Crippen LogP contribution in [0.1, 0.15) is 71.1 Å². The van der Waals surface area contributed by atoms with Gasteiger partial charge in [0, 0.05) is 0 Å². The van der Waals surface area contributed by atoms with Crippen LogP contribution in [0.15, 0.2) is 0 Å². The van der Waals surface area contributed by atoms with Crippen LogP contribution in [0.5, 0.6) is 0 Å². The molecular formula is C16H27F3O. The molecule has 0 spiro atoms. The Labute approximate surface area is 120 Å². The molecule has 0 aromatic rings. The minimum absolute atomic E-state index is 0.582. The van der Waals surface area contributed by atoms with Crippen molar-refractivity contribution < 1.29 is 17.9 Å². The standard InChI is InChI=1S/C16H27F3O/c1-2-3-12-4-6-13(7-5-12)14-8-10-15(11-9-14)20-16(17,18)19/h12-15H,2-11H2,1H3. The van der Waals surface area contributed by atoms with Crippen molar-refractivity contribution >= 4 is 0 Å². The van der Waals surface area contributed by atoms with Crippen LogP contribution in [0, 0.1) is 17.8 Å². The normalized spacial score (nSPS) is 36.0. The van der Waals surface area contributed by atoms with Gasteiger partial charge in [0.15, 0.2) is 0 Å². The summed E-state index contributed by atoms with van der Waals surface area (Å²) in [4.78, 5) is 0. The monoisotopic (exact) mass is 292 g/mol. The molecule has 0 amide bonds. The van der Waals surface area contributed by atoms with Gasteiger partial charge in [0.05, 0.1) is 6.10 Å². The van der Waals surface area contributed by atoms with E-state index in [2.05, 4.69) is 11.7 Å². The van der Waals surface area contributed by atoms with E-state index < -0.39 is 12.5 Å². The zero-order valence-corrected chi connectivity index (χ0v) is 12.4. The number of hydrogen-bond donors (Lipinski definition) is 0. The van der Waals surface area contributed by atoms with Crippen LogP contribution in [-0.2, 0) is 4.74 Å². The molecule has 2 aliphatic carbocycles. The predicted octanol–water partition coefficient (Wildman–Crippen LogP) is 5.69. The number of halogens is 3. The highest BCUT2D eigenvalue weighted by atomic mass is 19.4. The zero-order valence-electron chi connectivity index (χ0n) is 12.4. The third-order valence-corrected chi connectivity index (χ3v) is 5.27. The molecule has 2 saturated carbocycles. The fourth-order valence-corrected chi connectivity index (χ4v) is 4.22. The number of ether oxygens (including phenoxy) is 1. The Morgan fingerprint density at radius 3 is 1.80 bits per heavy atom. The highest BCUT2D eigenvalue weighted by Gasteiger charge is 2.37. The lowest BCUT2D eigenvalue weighted by molar-refractivity contribution is -0.346. The van der Waals surface area contributed by atoms with E-state index in [4.69, 9.17) is 0 Å². The minimum atomic E-state index is -4.46. The van der Waals surface area contributed by atoms with Crippen LogP contribution in [0.25, 0.3) is 0 Å². The zero-order chi connectivity index (χ0) is 14.6. The summed E-state index contributed by atoms with van der Waals surface area (Å²) < 4.78 is 40.7. The van der Waals surface area contributed by atoms with Gasteiger partial charge < -0.3 is 0 Å². The average Bonchev–Trinajstić information content (AvgIpc) is 2.39. The molecule has 4 heteroatoms. The minimum Gasteiger partial charge on any atom is -0.289 e. The van der Waals surface area contributed by atoms with Gasteiger partial charge in [-0.3, -0.25) is 4.74 Å². The lowest BCUT2D eigenvalue weighted by Gasteiger charge is -2.37. The van der Waals surface area contributed by atoms with E-state index in [0.717, 1.165) is 24.7 Å². The van der Waals surface area contributed by atoms with E-state index in [1.165, 1.54) is 38.5 Å². The third kappa shape index (κ3) is 4.94.